The maximum atomic E-state index is 12.6. The van der Waals surface area contributed by atoms with E-state index in [1.807, 2.05) is 43.0 Å². The molecule has 0 N–H and O–H groups in total. The fourth-order valence-corrected chi connectivity index (χ4v) is 2.86. The minimum absolute atomic E-state index is 0.245. The maximum absolute atomic E-state index is 12.6. The number of hydrogen-bond donors (Lipinski definition) is 0. The minimum atomic E-state index is -1.11. The molecule has 7 heteroatoms. The van der Waals surface area contributed by atoms with Crippen LogP contribution in [-0.2, 0) is 14.3 Å². The number of hydrogen-bond acceptors (Lipinski definition) is 7. The van der Waals surface area contributed by atoms with Crippen molar-refractivity contribution in [2.75, 3.05) is 37.8 Å². The molecule has 0 aliphatic carbocycles. The Hall–Kier alpha value is -2.72. The highest BCUT2D eigenvalue weighted by atomic mass is 16.5. The van der Waals surface area contributed by atoms with Gasteiger partial charge in [0.2, 0.25) is 0 Å². The van der Waals surface area contributed by atoms with Crippen molar-refractivity contribution < 1.29 is 14.3 Å². The van der Waals surface area contributed by atoms with Crippen LogP contribution in [0.5, 0.6) is 0 Å². The fourth-order valence-electron chi connectivity index (χ4n) is 2.86. The molecule has 2 heterocycles. The van der Waals surface area contributed by atoms with Crippen LogP contribution < -0.4 is 4.90 Å². The molecule has 1 aromatic carbocycles. The quantitative estimate of drug-likeness (QED) is 0.724. The van der Waals surface area contributed by atoms with E-state index < -0.39 is 11.9 Å². The highest BCUT2D eigenvalue weighted by Crippen LogP contribution is 2.28. The first kappa shape index (κ1) is 19.1. The lowest BCUT2D eigenvalue weighted by molar-refractivity contribution is -0.145. The predicted octanol–water partition coefficient (Wildman–Crippen LogP) is 2.66. The molecule has 0 spiro atoms. The molecule has 2 unspecified atom stereocenters. The number of carbonyl (C=O) groups excluding carboxylic acids is 1. The molecule has 1 aliphatic heterocycles. The average Bonchev–Trinajstić information content (AvgIpc) is 2.72. The predicted molar refractivity (Wildman–Crippen MR) is 101 cm³/mol. The van der Waals surface area contributed by atoms with Gasteiger partial charge >= 0.3 is 5.97 Å². The third-order valence-corrected chi connectivity index (χ3v) is 4.73. The van der Waals surface area contributed by atoms with Crippen molar-refractivity contribution in [3.63, 3.8) is 0 Å². The Morgan fingerprint density at radius 2 is 1.96 bits per heavy atom. The number of nitrogens with zero attached hydrogens (tertiary/aromatic N) is 4. The first-order chi connectivity index (χ1) is 13.1. The van der Waals surface area contributed by atoms with Gasteiger partial charge in [0.05, 0.1) is 36.9 Å². The Bertz CT molecular complexity index is 843. The van der Waals surface area contributed by atoms with Crippen LogP contribution in [0.15, 0.2) is 24.3 Å². The van der Waals surface area contributed by atoms with Gasteiger partial charge in [0.25, 0.3) is 0 Å². The number of fused-ring (bicyclic) bond motifs is 1. The van der Waals surface area contributed by atoms with Crippen LogP contribution in [0, 0.1) is 17.2 Å². The standard InChI is InChI=1S/C20H24N4O3/c1-3-14(2)13-27-20(25)15(12-21)18-19(24-8-10-26-11-9-24)23-17-7-5-4-6-16(17)22-18/h4-7,14-15H,3,8-11,13H2,1-2H3. The van der Waals surface area contributed by atoms with Gasteiger partial charge in [-0.2, -0.15) is 5.26 Å². The van der Waals surface area contributed by atoms with E-state index in [4.69, 9.17) is 14.5 Å². The lowest BCUT2D eigenvalue weighted by atomic mass is 10.1. The minimum Gasteiger partial charge on any atom is -0.464 e. The second-order valence-corrected chi connectivity index (χ2v) is 6.73. The monoisotopic (exact) mass is 368 g/mol. The smallest absolute Gasteiger partial charge is 0.329 e. The van der Waals surface area contributed by atoms with E-state index >= 15 is 0 Å². The molecule has 1 saturated heterocycles. The molecule has 0 bridgehead atoms. The molecule has 27 heavy (non-hydrogen) atoms. The first-order valence-electron chi connectivity index (χ1n) is 9.29. The first-order valence-corrected chi connectivity index (χ1v) is 9.29. The summed E-state index contributed by atoms with van der Waals surface area (Å²) in [4.78, 5) is 24.0. The van der Waals surface area contributed by atoms with Crippen molar-refractivity contribution in [3.8, 4) is 6.07 Å². The van der Waals surface area contributed by atoms with Gasteiger partial charge in [0.1, 0.15) is 5.69 Å². The summed E-state index contributed by atoms with van der Waals surface area (Å²) in [6.45, 7) is 6.75. The van der Waals surface area contributed by atoms with Gasteiger partial charge in [0.15, 0.2) is 11.7 Å². The number of esters is 1. The van der Waals surface area contributed by atoms with Crippen molar-refractivity contribution in [2.24, 2.45) is 5.92 Å². The molecule has 2 atom stereocenters. The summed E-state index contributed by atoms with van der Waals surface area (Å²) >= 11 is 0. The van der Waals surface area contributed by atoms with E-state index in [9.17, 15) is 10.1 Å². The molecule has 1 aromatic heterocycles. The van der Waals surface area contributed by atoms with Crippen LogP contribution in [0.1, 0.15) is 31.9 Å². The van der Waals surface area contributed by atoms with Gasteiger partial charge in [-0.15, -0.1) is 0 Å². The summed E-state index contributed by atoms with van der Waals surface area (Å²) in [6.07, 6.45) is 0.902. The number of aromatic nitrogens is 2. The zero-order valence-corrected chi connectivity index (χ0v) is 15.7. The maximum Gasteiger partial charge on any atom is 0.329 e. The summed E-state index contributed by atoms with van der Waals surface area (Å²) in [5.41, 5.74) is 1.74. The fraction of sp³-hybridized carbons (Fsp3) is 0.500. The van der Waals surface area contributed by atoms with Gasteiger partial charge in [0, 0.05) is 13.1 Å². The van der Waals surface area contributed by atoms with Crippen molar-refractivity contribution >= 4 is 22.8 Å². The van der Waals surface area contributed by atoms with Gasteiger partial charge in [-0.1, -0.05) is 32.4 Å². The van der Waals surface area contributed by atoms with Crippen LogP contribution in [0.4, 0.5) is 5.82 Å². The Morgan fingerprint density at radius 1 is 1.30 bits per heavy atom. The largest absolute Gasteiger partial charge is 0.464 e. The molecule has 0 radical (unpaired) electrons. The second kappa shape index (κ2) is 8.78. The van der Waals surface area contributed by atoms with E-state index in [1.54, 1.807) is 0 Å². The number of ether oxygens (including phenoxy) is 2. The van der Waals surface area contributed by atoms with Gasteiger partial charge in [-0.3, -0.25) is 4.79 Å². The lowest BCUT2D eigenvalue weighted by Gasteiger charge is -2.29. The molecule has 2 aromatic rings. The summed E-state index contributed by atoms with van der Waals surface area (Å²) in [7, 11) is 0. The topological polar surface area (TPSA) is 88.3 Å². The summed E-state index contributed by atoms with van der Waals surface area (Å²) < 4.78 is 10.8. The van der Waals surface area contributed by atoms with Crippen LogP contribution in [0.25, 0.3) is 11.0 Å². The third-order valence-electron chi connectivity index (χ3n) is 4.73. The van der Waals surface area contributed by atoms with E-state index in [1.165, 1.54) is 0 Å². The van der Waals surface area contributed by atoms with Gasteiger partial charge < -0.3 is 14.4 Å². The molecular formula is C20H24N4O3. The molecule has 0 amide bonds. The second-order valence-electron chi connectivity index (χ2n) is 6.73. The molecule has 142 valence electrons. The third kappa shape index (κ3) is 4.34. The Morgan fingerprint density at radius 3 is 2.59 bits per heavy atom. The summed E-state index contributed by atoms with van der Waals surface area (Å²) in [5.74, 6) is -0.875. The summed E-state index contributed by atoms with van der Waals surface area (Å²) in [5, 5.41) is 9.71. The lowest BCUT2D eigenvalue weighted by Crippen LogP contribution is -2.38. The number of benzene rings is 1. The van der Waals surface area contributed by atoms with Crippen LogP contribution in [0.2, 0.25) is 0 Å². The SMILES string of the molecule is CCC(C)COC(=O)C(C#N)c1nc2ccccc2nc1N1CCOCC1. The normalized spacial score (nSPS) is 16.6. The highest BCUT2D eigenvalue weighted by Gasteiger charge is 2.30. The Labute approximate surface area is 158 Å². The van der Waals surface area contributed by atoms with Gasteiger partial charge in [-0.25, -0.2) is 9.97 Å². The molecule has 1 fully saturated rings. The van der Waals surface area contributed by atoms with Gasteiger partial charge in [-0.05, 0) is 18.1 Å². The number of para-hydroxylation sites is 2. The number of nitriles is 1. The Kier molecular flexibility index (Phi) is 6.20. The number of anilines is 1. The van der Waals surface area contributed by atoms with Crippen LogP contribution in [-0.4, -0.2) is 48.8 Å². The average molecular weight is 368 g/mol. The number of carbonyl (C=O) groups is 1. The Balaban J connectivity index is 1.98. The van der Waals surface area contributed by atoms with E-state index in [-0.39, 0.29) is 5.92 Å². The van der Waals surface area contributed by atoms with Crippen molar-refractivity contribution in [3.05, 3.63) is 30.0 Å². The van der Waals surface area contributed by atoms with Crippen molar-refractivity contribution in [1.29, 1.82) is 5.26 Å². The summed E-state index contributed by atoms with van der Waals surface area (Å²) in [6, 6.07) is 9.52. The zero-order chi connectivity index (χ0) is 19.2. The molecule has 3 rings (SSSR count). The molecule has 1 aliphatic rings. The highest BCUT2D eigenvalue weighted by molar-refractivity contribution is 5.85. The van der Waals surface area contributed by atoms with Crippen LogP contribution >= 0.6 is 0 Å². The number of morpholine rings is 1. The van der Waals surface area contributed by atoms with E-state index in [0.717, 1.165) is 11.9 Å². The zero-order valence-electron chi connectivity index (χ0n) is 15.7. The van der Waals surface area contributed by atoms with E-state index in [0.29, 0.717) is 49.9 Å². The number of rotatable bonds is 6. The van der Waals surface area contributed by atoms with Crippen molar-refractivity contribution in [2.45, 2.75) is 26.2 Å². The van der Waals surface area contributed by atoms with E-state index in [2.05, 4.69) is 11.1 Å². The molecule has 0 saturated carbocycles. The van der Waals surface area contributed by atoms with Crippen molar-refractivity contribution in [1.82, 2.24) is 9.97 Å². The molecule has 7 nitrogen and oxygen atoms in total. The molecular weight excluding hydrogens is 344 g/mol. The van der Waals surface area contributed by atoms with Crippen LogP contribution in [0.3, 0.4) is 0 Å².